The molecule has 3 nitrogen and oxygen atoms in total. The Morgan fingerprint density at radius 3 is 3.00 bits per heavy atom. The number of hydrogen-bond acceptors (Lipinski definition) is 3. The van der Waals surface area contributed by atoms with E-state index in [-0.39, 0.29) is 12.4 Å². The second-order valence-corrected chi connectivity index (χ2v) is 4.19. The SMILES string of the molecule is O=C1c2ccc(Cl)cc2OCc2ncccc21. The first-order valence-corrected chi connectivity index (χ1v) is 5.54. The molecule has 2 aromatic rings. The summed E-state index contributed by atoms with van der Waals surface area (Å²) in [5, 5.41) is 0.551. The molecule has 84 valence electrons. The van der Waals surface area contributed by atoms with E-state index in [1.54, 1.807) is 36.5 Å². The van der Waals surface area contributed by atoms with Gasteiger partial charge in [-0.1, -0.05) is 11.6 Å². The van der Waals surface area contributed by atoms with Crippen LogP contribution in [-0.4, -0.2) is 10.8 Å². The Morgan fingerprint density at radius 1 is 1.24 bits per heavy atom. The first-order valence-electron chi connectivity index (χ1n) is 5.16. The summed E-state index contributed by atoms with van der Waals surface area (Å²) in [7, 11) is 0. The molecule has 1 aliphatic rings. The van der Waals surface area contributed by atoms with Gasteiger partial charge in [0.2, 0.25) is 0 Å². The van der Waals surface area contributed by atoms with Gasteiger partial charge in [-0.15, -0.1) is 0 Å². The lowest BCUT2D eigenvalue weighted by Gasteiger charge is -2.05. The van der Waals surface area contributed by atoms with Gasteiger partial charge in [0.15, 0.2) is 5.78 Å². The number of aromatic nitrogens is 1. The molecule has 0 atom stereocenters. The molecule has 1 aromatic carbocycles. The predicted octanol–water partition coefficient (Wildman–Crippen LogP) is 2.86. The van der Waals surface area contributed by atoms with E-state index in [4.69, 9.17) is 16.3 Å². The minimum atomic E-state index is -0.0720. The van der Waals surface area contributed by atoms with Crippen molar-refractivity contribution in [2.75, 3.05) is 0 Å². The topological polar surface area (TPSA) is 39.2 Å². The number of benzene rings is 1. The number of nitrogens with zero attached hydrogens (tertiary/aromatic N) is 1. The standard InChI is InChI=1S/C13H8ClNO2/c14-8-3-4-10-12(6-8)17-7-11-9(13(10)16)2-1-5-15-11/h1-6H,7H2. The highest BCUT2D eigenvalue weighted by Gasteiger charge is 2.22. The molecule has 0 unspecified atom stereocenters. The molecule has 0 saturated carbocycles. The van der Waals surface area contributed by atoms with Crippen LogP contribution in [0.1, 0.15) is 21.6 Å². The lowest BCUT2D eigenvalue weighted by Crippen LogP contribution is -2.04. The normalized spacial score (nSPS) is 13.4. The second kappa shape index (κ2) is 3.86. The number of hydrogen-bond donors (Lipinski definition) is 0. The monoisotopic (exact) mass is 245 g/mol. The maximum atomic E-state index is 12.3. The van der Waals surface area contributed by atoms with Crippen molar-refractivity contribution in [1.82, 2.24) is 4.98 Å². The number of halogens is 1. The molecule has 0 fully saturated rings. The summed E-state index contributed by atoms with van der Waals surface area (Å²) >= 11 is 5.88. The van der Waals surface area contributed by atoms with Gasteiger partial charge in [-0.05, 0) is 30.3 Å². The van der Waals surface area contributed by atoms with E-state index in [1.165, 1.54) is 0 Å². The van der Waals surface area contributed by atoms with Crippen molar-refractivity contribution in [3.63, 3.8) is 0 Å². The first kappa shape index (κ1) is 10.3. The highest BCUT2D eigenvalue weighted by Crippen LogP contribution is 2.29. The third-order valence-electron chi connectivity index (χ3n) is 2.69. The number of carbonyl (C=O) groups excluding carboxylic acids is 1. The summed E-state index contributed by atoms with van der Waals surface area (Å²) in [6.07, 6.45) is 1.65. The number of carbonyl (C=O) groups is 1. The van der Waals surface area contributed by atoms with Crippen molar-refractivity contribution >= 4 is 17.4 Å². The molecule has 0 N–H and O–H groups in total. The fraction of sp³-hybridized carbons (Fsp3) is 0.0769. The van der Waals surface area contributed by atoms with Crippen LogP contribution in [0.2, 0.25) is 5.02 Å². The Bertz CT molecular complexity index is 610. The molecule has 0 saturated heterocycles. The van der Waals surface area contributed by atoms with E-state index in [1.807, 2.05) is 0 Å². The Kier molecular flexibility index (Phi) is 2.34. The lowest BCUT2D eigenvalue weighted by atomic mass is 10.0. The van der Waals surface area contributed by atoms with Crippen LogP contribution in [0.25, 0.3) is 0 Å². The van der Waals surface area contributed by atoms with Crippen LogP contribution in [0.4, 0.5) is 0 Å². The molecule has 4 heteroatoms. The molecule has 0 radical (unpaired) electrons. The van der Waals surface area contributed by atoms with E-state index in [2.05, 4.69) is 4.98 Å². The molecule has 0 bridgehead atoms. The van der Waals surface area contributed by atoms with Crippen LogP contribution in [0.3, 0.4) is 0 Å². The maximum Gasteiger partial charge on any atom is 0.198 e. The zero-order valence-corrected chi connectivity index (χ0v) is 9.57. The van der Waals surface area contributed by atoms with Crippen molar-refractivity contribution < 1.29 is 9.53 Å². The molecule has 0 amide bonds. The van der Waals surface area contributed by atoms with Crippen molar-refractivity contribution in [1.29, 1.82) is 0 Å². The number of rotatable bonds is 0. The fourth-order valence-electron chi connectivity index (χ4n) is 1.85. The largest absolute Gasteiger partial charge is 0.486 e. The van der Waals surface area contributed by atoms with E-state index >= 15 is 0 Å². The Labute approximate surface area is 103 Å². The number of fused-ring (bicyclic) bond motifs is 2. The number of ether oxygens (including phenoxy) is 1. The van der Waals surface area contributed by atoms with E-state index < -0.39 is 0 Å². The predicted molar refractivity (Wildman–Crippen MR) is 63.5 cm³/mol. The molecule has 3 rings (SSSR count). The van der Waals surface area contributed by atoms with Gasteiger partial charge in [-0.25, -0.2) is 0 Å². The molecule has 0 aliphatic carbocycles. The lowest BCUT2D eigenvalue weighted by molar-refractivity contribution is 0.103. The van der Waals surface area contributed by atoms with Gasteiger partial charge in [0.25, 0.3) is 0 Å². The summed E-state index contributed by atoms with van der Waals surface area (Å²) in [6.45, 7) is 0.287. The van der Waals surface area contributed by atoms with Gasteiger partial charge >= 0.3 is 0 Å². The Morgan fingerprint density at radius 2 is 2.12 bits per heavy atom. The molecule has 0 spiro atoms. The minimum Gasteiger partial charge on any atom is -0.486 e. The van der Waals surface area contributed by atoms with Crippen LogP contribution in [0, 0.1) is 0 Å². The number of pyridine rings is 1. The van der Waals surface area contributed by atoms with Crippen LogP contribution in [0.5, 0.6) is 5.75 Å². The van der Waals surface area contributed by atoms with Gasteiger partial charge in [-0.3, -0.25) is 9.78 Å². The van der Waals surface area contributed by atoms with Crippen LogP contribution in [0.15, 0.2) is 36.5 Å². The molecular weight excluding hydrogens is 238 g/mol. The summed E-state index contributed by atoms with van der Waals surface area (Å²) in [5.74, 6) is 0.442. The first-order chi connectivity index (χ1) is 8.25. The Hall–Kier alpha value is -1.87. The third kappa shape index (κ3) is 1.68. The zero-order chi connectivity index (χ0) is 11.8. The van der Waals surface area contributed by atoms with E-state index in [9.17, 15) is 4.79 Å². The average molecular weight is 246 g/mol. The highest BCUT2D eigenvalue weighted by atomic mass is 35.5. The van der Waals surface area contributed by atoms with Crippen LogP contribution in [-0.2, 0) is 6.61 Å². The molecule has 1 aromatic heterocycles. The summed E-state index contributed by atoms with van der Waals surface area (Å²) < 4.78 is 5.56. The quantitative estimate of drug-likeness (QED) is 0.716. The molecule has 1 aliphatic heterocycles. The van der Waals surface area contributed by atoms with Gasteiger partial charge in [0.1, 0.15) is 12.4 Å². The van der Waals surface area contributed by atoms with Crippen LogP contribution < -0.4 is 4.74 Å². The summed E-state index contributed by atoms with van der Waals surface area (Å²) in [6, 6.07) is 8.53. The maximum absolute atomic E-state index is 12.3. The third-order valence-corrected chi connectivity index (χ3v) is 2.92. The Balaban J connectivity index is 2.20. The summed E-state index contributed by atoms with van der Waals surface area (Å²) in [5.41, 5.74) is 1.78. The van der Waals surface area contributed by atoms with Crippen molar-refractivity contribution in [3.8, 4) is 5.75 Å². The number of ketones is 1. The van der Waals surface area contributed by atoms with Crippen molar-refractivity contribution in [2.24, 2.45) is 0 Å². The second-order valence-electron chi connectivity index (χ2n) is 3.76. The van der Waals surface area contributed by atoms with Crippen molar-refractivity contribution in [2.45, 2.75) is 6.61 Å². The highest BCUT2D eigenvalue weighted by molar-refractivity contribution is 6.31. The molecule has 17 heavy (non-hydrogen) atoms. The van der Waals surface area contributed by atoms with Gasteiger partial charge in [-0.2, -0.15) is 0 Å². The van der Waals surface area contributed by atoms with Gasteiger partial charge < -0.3 is 4.74 Å². The van der Waals surface area contributed by atoms with Gasteiger partial charge in [0, 0.05) is 16.8 Å². The molecular formula is C13H8ClNO2. The van der Waals surface area contributed by atoms with Crippen molar-refractivity contribution in [3.05, 3.63) is 58.4 Å². The van der Waals surface area contributed by atoms with E-state index in [0.717, 1.165) is 0 Å². The zero-order valence-electron chi connectivity index (χ0n) is 8.81. The molecule has 2 heterocycles. The minimum absolute atomic E-state index is 0.0720. The smallest absolute Gasteiger partial charge is 0.198 e. The van der Waals surface area contributed by atoms with E-state index in [0.29, 0.717) is 27.6 Å². The average Bonchev–Trinajstić information content (AvgIpc) is 2.48. The fourth-order valence-corrected chi connectivity index (χ4v) is 2.02. The van der Waals surface area contributed by atoms with Gasteiger partial charge in [0.05, 0.1) is 11.3 Å². The van der Waals surface area contributed by atoms with Crippen LogP contribution >= 0.6 is 11.6 Å². The summed E-state index contributed by atoms with van der Waals surface area (Å²) in [4.78, 5) is 16.4.